The number of ether oxygens (including phenoxy) is 1. The number of aryl methyl sites for hydroxylation is 1. The Morgan fingerprint density at radius 2 is 1.65 bits per heavy atom. The minimum atomic E-state index is -0.810. The largest absolute Gasteiger partial charge is 0.507 e. The number of para-hydroxylation sites is 1. The van der Waals surface area contributed by atoms with Gasteiger partial charge in [0.2, 0.25) is 17.8 Å². The predicted octanol–water partition coefficient (Wildman–Crippen LogP) is 6.39. The van der Waals surface area contributed by atoms with Crippen molar-refractivity contribution >= 4 is 51.8 Å². The van der Waals surface area contributed by atoms with E-state index in [2.05, 4.69) is 55.4 Å². The van der Waals surface area contributed by atoms with Crippen molar-refractivity contribution in [2.45, 2.75) is 96.1 Å². The number of likely N-dealkylation sites (tertiary alicyclic amines) is 2. The third-order valence-electron chi connectivity index (χ3n) is 15.4. The molecule has 4 saturated heterocycles. The fraction of sp³-hybridized carbons (Fsp3) is 0.463. The molecule has 0 saturated carbocycles. The Balaban J connectivity index is 0.621. The third kappa shape index (κ3) is 10.4. The van der Waals surface area contributed by atoms with Crippen molar-refractivity contribution in [1.29, 1.82) is 0 Å². The molecule has 0 spiro atoms. The van der Waals surface area contributed by atoms with Gasteiger partial charge in [0.1, 0.15) is 23.8 Å². The molecule has 0 bridgehead atoms. The number of fused-ring (bicyclic) bond motifs is 1. The Kier molecular flexibility index (Phi) is 14.1. The van der Waals surface area contributed by atoms with Gasteiger partial charge in [-0.2, -0.15) is 5.10 Å². The number of carbonyl (C=O) groups excluding carboxylic acids is 2. The number of amides is 2. The van der Waals surface area contributed by atoms with Crippen LogP contribution in [0.1, 0.15) is 87.9 Å². The summed E-state index contributed by atoms with van der Waals surface area (Å²) in [5, 5.41) is 42.1. The van der Waals surface area contributed by atoms with Crippen LogP contribution in [0.3, 0.4) is 0 Å². The molecule has 2 aromatic carbocycles. The molecule has 4 fully saturated rings. The van der Waals surface area contributed by atoms with E-state index in [0.717, 1.165) is 98.7 Å². The number of β-amino-alcohol motifs (C(OH)–C–C–N with tert-alkyl or cyclic N) is 1. The van der Waals surface area contributed by atoms with Crippen molar-refractivity contribution in [3.05, 3.63) is 95.6 Å². The number of nitrogens with one attached hydrogen (secondary N) is 1. The van der Waals surface area contributed by atoms with E-state index in [1.165, 1.54) is 4.90 Å². The number of piperidine rings is 2. The molecule has 21 heteroatoms. The molecule has 4 atom stereocenters. The number of thiazole rings is 1. The summed E-state index contributed by atoms with van der Waals surface area (Å²) in [6, 6.07) is 17.9. The summed E-state index contributed by atoms with van der Waals surface area (Å²) < 4.78 is 14.2. The number of hydrogen-bond acceptors (Lipinski definition) is 18. The van der Waals surface area contributed by atoms with Crippen molar-refractivity contribution in [2.75, 3.05) is 67.9 Å². The molecule has 9 heterocycles. The topological polar surface area (TPSA) is 243 Å². The summed E-state index contributed by atoms with van der Waals surface area (Å²) in [5.74, 6) is 2.16. The van der Waals surface area contributed by atoms with Gasteiger partial charge in [-0.3, -0.25) is 19.2 Å². The van der Waals surface area contributed by atoms with Gasteiger partial charge in [0.05, 0.1) is 57.9 Å². The number of benzene rings is 2. The van der Waals surface area contributed by atoms with Gasteiger partial charge in [-0.15, -0.1) is 21.5 Å². The zero-order chi connectivity index (χ0) is 51.9. The van der Waals surface area contributed by atoms with E-state index >= 15 is 0 Å². The molecule has 20 nitrogen and oxygen atoms in total. The maximum atomic E-state index is 14.4. The zero-order valence-corrected chi connectivity index (χ0v) is 43.5. The Labute approximate surface area is 438 Å². The number of aromatic nitrogens is 8. The second-order valence-corrected chi connectivity index (χ2v) is 21.8. The van der Waals surface area contributed by atoms with Gasteiger partial charge >= 0.3 is 0 Å². The molecule has 392 valence electrons. The van der Waals surface area contributed by atoms with Gasteiger partial charge < -0.3 is 45.2 Å². The molecule has 0 aliphatic carbocycles. The predicted molar refractivity (Wildman–Crippen MR) is 284 cm³/mol. The summed E-state index contributed by atoms with van der Waals surface area (Å²) in [4.78, 5) is 51.4. The molecule has 0 radical (unpaired) electrons. The van der Waals surface area contributed by atoms with Gasteiger partial charge in [0, 0.05) is 70.4 Å². The average Bonchev–Trinajstić information content (AvgIpc) is 4.23. The summed E-state index contributed by atoms with van der Waals surface area (Å²) in [7, 11) is 0. The van der Waals surface area contributed by atoms with Crippen LogP contribution in [0.15, 0.2) is 83.1 Å². The lowest BCUT2D eigenvalue weighted by molar-refractivity contribution is -0.141. The number of aromatic hydroxyl groups is 1. The Morgan fingerprint density at radius 1 is 0.920 bits per heavy atom. The Hall–Kier alpha value is -7.23. The van der Waals surface area contributed by atoms with Crippen molar-refractivity contribution in [3.63, 3.8) is 0 Å². The van der Waals surface area contributed by atoms with E-state index in [0.29, 0.717) is 51.8 Å². The first-order valence-corrected chi connectivity index (χ1v) is 27.0. The number of aliphatic hydroxyl groups excluding tert-OH is 1. The maximum absolute atomic E-state index is 14.4. The fourth-order valence-corrected chi connectivity index (χ4v) is 12.1. The van der Waals surface area contributed by atoms with E-state index < -0.39 is 18.1 Å². The zero-order valence-electron chi connectivity index (χ0n) is 42.7. The molecule has 4 aliphatic heterocycles. The van der Waals surface area contributed by atoms with Crippen LogP contribution in [-0.2, 0) is 9.59 Å². The number of nitrogen functional groups attached to an aromatic ring is 1. The quantitative estimate of drug-likeness (QED) is 0.0869. The number of aliphatic hydroxyl groups is 1. The lowest BCUT2D eigenvalue weighted by Gasteiger charge is -2.42. The maximum Gasteiger partial charge on any atom is 0.243 e. The van der Waals surface area contributed by atoms with Crippen LogP contribution >= 0.6 is 11.3 Å². The van der Waals surface area contributed by atoms with Crippen LogP contribution in [0.5, 0.6) is 11.5 Å². The minimum absolute atomic E-state index is 0.0751. The number of rotatable bonds is 15. The second-order valence-electron chi connectivity index (χ2n) is 21.0. The van der Waals surface area contributed by atoms with Crippen LogP contribution in [0.2, 0.25) is 0 Å². The lowest BCUT2D eigenvalue weighted by Crippen LogP contribution is -2.55. The van der Waals surface area contributed by atoms with Crippen molar-refractivity contribution in [3.8, 4) is 33.2 Å². The highest BCUT2D eigenvalue weighted by Crippen LogP contribution is 2.37. The lowest BCUT2D eigenvalue weighted by atomic mass is 9.91. The Morgan fingerprint density at radius 3 is 2.36 bits per heavy atom. The molecular formula is C54H64N14O6S. The summed E-state index contributed by atoms with van der Waals surface area (Å²) in [5.41, 5.74) is 13.6. The number of nitrogens with zero attached hydrogens (tertiary/aromatic N) is 12. The number of phenols is 1. The molecule has 7 aromatic rings. The molecule has 2 amide bonds. The third-order valence-corrected chi connectivity index (χ3v) is 16.4. The van der Waals surface area contributed by atoms with Crippen molar-refractivity contribution in [1.82, 2.24) is 55.2 Å². The first-order valence-electron chi connectivity index (χ1n) is 26.1. The van der Waals surface area contributed by atoms with Crippen LogP contribution < -0.4 is 25.6 Å². The van der Waals surface area contributed by atoms with E-state index in [1.54, 1.807) is 35.9 Å². The van der Waals surface area contributed by atoms with Crippen LogP contribution in [-0.4, -0.2) is 143 Å². The summed E-state index contributed by atoms with van der Waals surface area (Å²) >= 11 is 1.60. The highest BCUT2D eigenvalue weighted by atomic mass is 32.1. The fourth-order valence-electron chi connectivity index (χ4n) is 11.2. The highest BCUT2D eigenvalue weighted by Gasteiger charge is 2.44. The normalized spacial score (nSPS) is 19.9. The number of anilines is 3. The average molecular weight is 1040 g/mol. The van der Waals surface area contributed by atoms with Crippen molar-refractivity contribution in [2.24, 2.45) is 11.8 Å². The molecule has 5 aromatic heterocycles. The van der Waals surface area contributed by atoms with Crippen LogP contribution in [0, 0.1) is 18.8 Å². The number of hydrogen-bond donors (Lipinski definition) is 4. The summed E-state index contributed by atoms with van der Waals surface area (Å²) in [6.07, 6.45) is 6.60. The van der Waals surface area contributed by atoms with Crippen LogP contribution in [0.25, 0.3) is 32.7 Å². The van der Waals surface area contributed by atoms with Gasteiger partial charge in [-0.25, -0.2) is 15.0 Å². The van der Waals surface area contributed by atoms with E-state index in [4.69, 9.17) is 15.0 Å². The smallest absolute Gasteiger partial charge is 0.243 e. The molecule has 11 rings (SSSR count). The number of carbonyl (C=O) groups is 2. The molecule has 4 aliphatic rings. The monoisotopic (exact) mass is 1040 g/mol. The van der Waals surface area contributed by atoms with E-state index in [-0.39, 0.29) is 54.6 Å². The SMILES string of the molecule is Cc1ncsc1-c1ccc([C@H](C)NC(=O)[C@@H]2C[C@@H](O)CN2C(=O)C(c2cc(N3CCC(CN4CC(Oc5cnc(N6CCC(n7nc(N)c8nnc(-c9ccccc9O)cc87)CC6)nc5)C4)CC3)no2)C(C)C)cc1. The first kappa shape index (κ1) is 50.0. The minimum Gasteiger partial charge on any atom is -0.507 e. The molecule has 1 unspecified atom stereocenters. The van der Waals surface area contributed by atoms with Gasteiger partial charge in [-0.05, 0) is 80.7 Å². The van der Waals surface area contributed by atoms with E-state index in [9.17, 15) is 19.8 Å². The molecule has 5 N–H and O–H groups in total. The number of nitrogens with two attached hydrogens (primary N) is 1. The van der Waals surface area contributed by atoms with Crippen molar-refractivity contribution < 1.29 is 29.1 Å². The standard InChI is InChI=1S/C54H64N14O6S/c1-31(2)48(53(72)67-27-38(69)21-44(67)52(71)59-32(3)35-9-11-36(12-10-35)50-33(4)58-30-75-50)46-23-47(63-74-46)65-17-13-34(14-18-65)26-64-28-40(29-64)73-39-24-56-54(57-25-39)66-19-15-37(16-20-66)68-43-22-42(41-7-5-6-8-45(41)70)60-61-49(43)51(55)62-68/h5-12,22-25,30-32,34,37-38,40,44,48,69-70H,13-21,26-29H2,1-4H3,(H2,55,62)(H,59,71)/t32-,38+,44-,48?/m0/s1. The van der Waals surface area contributed by atoms with Gasteiger partial charge in [0.15, 0.2) is 28.7 Å². The molecular weight excluding hydrogens is 973 g/mol. The second kappa shape index (κ2) is 21.2. The van der Waals surface area contributed by atoms with Gasteiger partial charge in [-0.1, -0.05) is 55.4 Å². The first-order chi connectivity index (χ1) is 36.3. The Bertz CT molecular complexity index is 3120. The van der Waals surface area contributed by atoms with Gasteiger partial charge in [0.25, 0.3) is 0 Å². The highest BCUT2D eigenvalue weighted by molar-refractivity contribution is 7.13. The molecule has 75 heavy (non-hydrogen) atoms. The number of phenolic OH excluding ortho intramolecular Hbond substituents is 1. The van der Waals surface area contributed by atoms with E-state index in [1.807, 2.05) is 86.4 Å². The summed E-state index contributed by atoms with van der Waals surface area (Å²) in [6.45, 7) is 13.7. The van der Waals surface area contributed by atoms with Crippen LogP contribution in [0.4, 0.5) is 17.6 Å².